The number of imide groups is 1. The number of fused-ring (bicyclic) bond motifs is 1. The molecule has 1 fully saturated rings. The van der Waals surface area contributed by atoms with Crippen LogP contribution in [0.1, 0.15) is 34.1 Å². The van der Waals surface area contributed by atoms with Gasteiger partial charge in [0, 0.05) is 11.1 Å². The minimum Gasteiger partial charge on any atom is -0.497 e. The summed E-state index contributed by atoms with van der Waals surface area (Å²) in [6.45, 7) is 1.35. The van der Waals surface area contributed by atoms with Crippen LogP contribution in [-0.2, 0) is 9.59 Å². The number of hydrogen-bond acceptors (Lipinski definition) is 5. The van der Waals surface area contributed by atoms with Crippen molar-refractivity contribution in [3.63, 3.8) is 0 Å². The fourth-order valence-electron chi connectivity index (χ4n) is 4.38. The Morgan fingerprint density at radius 3 is 2.32 bits per heavy atom. The molecule has 1 saturated heterocycles. The zero-order valence-corrected chi connectivity index (χ0v) is 20.0. The van der Waals surface area contributed by atoms with E-state index in [1.165, 1.54) is 25.3 Å². The van der Waals surface area contributed by atoms with Gasteiger partial charge in [0.25, 0.3) is 17.7 Å². The maximum absolute atomic E-state index is 13.5. The normalized spacial score (nSPS) is 21.4. The molecule has 2 aromatic carbocycles. The highest BCUT2D eigenvalue weighted by Gasteiger charge is 2.53. The van der Waals surface area contributed by atoms with Crippen molar-refractivity contribution in [2.45, 2.75) is 13.3 Å². The van der Waals surface area contributed by atoms with Gasteiger partial charge in [-0.1, -0.05) is 42.3 Å². The summed E-state index contributed by atoms with van der Waals surface area (Å²) in [5, 5.41) is 2.14. The number of hydrogen-bond donors (Lipinski definition) is 0. The first-order valence-electron chi connectivity index (χ1n) is 10.7. The molecule has 0 unspecified atom stereocenters. The van der Waals surface area contributed by atoms with E-state index in [9.17, 15) is 19.2 Å². The Hall–Kier alpha value is -3.16. The monoisotopic (exact) mass is 500 g/mol. The van der Waals surface area contributed by atoms with Gasteiger partial charge in [-0.2, -0.15) is 5.01 Å². The topological polar surface area (TPSA) is 84.0 Å². The van der Waals surface area contributed by atoms with Gasteiger partial charge >= 0.3 is 0 Å². The van der Waals surface area contributed by atoms with Crippen LogP contribution in [0.25, 0.3) is 0 Å². The SMILES string of the molecule is COc1ccc(C(=O)CN(C(=O)c2ccc(Cl)c(Cl)c2)N2C(=O)[C@H]3[C@@H](C)C=CC[C@H]3C2=O)cc1. The van der Waals surface area contributed by atoms with Gasteiger partial charge < -0.3 is 4.74 Å². The Kier molecular flexibility index (Phi) is 6.77. The molecule has 0 spiro atoms. The number of Topliss-reactive ketones (excluding diaryl/α,β-unsaturated/α-hetero) is 1. The summed E-state index contributed by atoms with van der Waals surface area (Å²) in [5.74, 6) is -2.91. The highest BCUT2D eigenvalue weighted by atomic mass is 35.5. The van der Waals surface area contributed by atoms with Gasteiger partial charge in [-0.3, -0.25) is 19.2 Å². The molecule has 7 nitrogen and oxygen atoms in total. The molecule has 9 heteroatoms. The van der Waals surface area contributed by atoms with Crippen LogP contribution in [0, 0.1) is 17.8 Å². The molecule has 176 valence electrons. The Labute approximate surface area is 206 Å². The quantitative estimate of drug-likeness (QED) is 0.332. The van der Waals surface area contributed by atoms with Gasteiger partial charge in [0.05, 0.1) is 29.0 Å². The van der Waals surface area contributed by atoms with Crippen molar-refractivity contribution in [3.8, 4) is 5.75 Å². The number of ketones is 1. The number of carbonyl (C=O) groups excluding carboxylic acids is 4. The van der Waals surface area contributed by atoms with Crippen molar-refractivity contribution < 1.29 is 23.9 Å². The maximum atomic E-state index is 13.5. The molecule has 0 N–H and O–H groups in total. The lowest BCUT2D eigenvalue weighted by Crippen LogP contribution is -2.52. The Balaban J connectivity index is 1.71. The predicted octanol–water partition coefficient (Wildman–Crippen LogP) is 4.44. The van der Waals surface area contributed by atoms with Gasteiger partial charge in [0.1, 0.15) is 12.3 Å². The lowest BCUT2D eigenvalue weighted by Gasteiger charge is -2.30. The number of benzene rings is 2. The molecule has 34 heavy (non-hydrogen) atoms. The Bertz CT molecular complexity index is 1190. The molecule has 0 radical (unpaired) electrons. The molecule has 1 aliphatic carbocycles. The van der Waals surface area contributed by atoms with Crippen LogP contribution in [0.5, 0.6) is 5.75 Å². The minimum atomic E-state index is -0.707. The van der Waals surface area contributed by atoms with E-state index in [-0.39, 0.29) is 21.5 Å². The van der Waals surface area contributed by atoms with Crippen LogP contribution < -0.4 is 4.74 Å². The number of methoxy groups -OCH3 is 1. The summed E-state index contributed by atoms with van der Waals surface area (Å²) in [4.78, 5) is 53.3. The molecule has 0 saturated carbocycles. The third-order valence-electron chi connectivity index (χ3n) is 6.20. The van der Waals surface area contributed by atoms with E-state index < -0.39 is 41.9 Å². The standard InChI is InChI=1S/C25H22Cl2N2O5/c1-14-4-3-5-18-22(14)25(33)29(24(18)32)28(23(31)16-8-11-19(26)20(27)12-16)13-21(30)15-6-9-17(34-2)10-7-15/h3-4,6-12,14,18,22H,5,13H2,1-2H3/t14-,18+,22-/m0/s1. The molecule has 0 aromatic heterocycles. The Morgan fingerprint density at radius 2 is 1.71 bits per heavy atom. The first kappa shape index (κ1) is 24.0. The molecule has 2 aliphatic rings. The predicted molar refractivity (Wildman–Crippen MR) is 127 cm³/mol. The Morgan fingerprint density at radius 1 is 1.03 bits per heavy atom. The number of amides is 3. The van der Waals surface area contributed by atoms with Gasteiger partial charge in [-0.15, -0.1) is 0 Å². The summed E-state index contributed by atoms with van der Waals surface area (Å²) in [6.07, 6.45) is 4.16. The third-order valence-corrected chi connectivity index (χ3v) is 6.94. The van der Waals surface area contributed by atoms with Gasteiger partial charge in [-0.25, -0.2) is 5.01 Å². The molecule has 2 aromatic rings. The molecular formula is C25H22Cl2N2O5. The minimum absolute atomic E-state index is 0.0959. The zero-order chi connectivity index (χ0) is 24.6. The third kappa shape index (κ3) is 4.33. The number of carbonyl (C=O) groups is 4. The molecule has 1 heterocycles. The highest BCUT2D eigenvalue weighted by molar-refractivity contribution is 6.42. The van der Waals surface area contributed by atoms with Crippen molar-refractivity contribution in [2.24, 2.45) is 17.8 Å². The average molecular weight is 501 g/mol. The fraction of sp³-hybridized carbons (Fsp3) is 0.280. The van der Waals surface area contributed by atoms with Gasteiger partial charge in [0.2, 0.25) is 0 Å². The van der Waals surface area contributed by atoms with Gasteiger partial charge in [0.15, 0.2) is 5.78 Å². The maximum Gasteiger partial charge on any atom is 0.273 e. The van der Waals surface area contributed by atoms with Crippen LogP contribution in [0.3, 0.4) is 0 Å². The van der Waals surface area contributed by atoms with E-state index in [4.69, 9.17) is 27.9 Å². The van der Waals surface area contributed by atoms with Crippen molar-refractivity contribution >= 4 is 46.7 Å². The van der Waals surface area contributed by atoms with Crippen LogP contribution in [0.2, 0.25) is 10.0 Å². The summed E-state index contributed by atoms with van der Waals surface area (Å²) in [5.41, 5.74) is 0.401. The lowest BCUT2D eigenvalue weighted by atomic mass is 9.78. The van der Waals surface area contributed by atoms with E-state index in [0.717, 1.165) is 10.0 Å². The summed E-state index contributed by atoms with van der Waals surface area (Å²) < 4.78 is 5.12. The van der Waals surface area contributed by atoms with E-state index in [2.05, 4.69) is 0 Å². The fourth-order valence-corrected chi connectivity index (χ4v) is 4.68. The van der Waals surface area contributed by atoms with E-state index in [1.54, 1.807) is 24.3 Å². The largest absolute Gasteiger partial charge is 0.497 e. The van der Waals surface area contributed by atoms with Crippen molar-refractivity contribution in [3.05, 3.63) is 75.8 Å². The first-order valence-corrected chi connectivity index (χ1v) is 11.5. The second-order valence-corrected chi connectivity index (χ2v) is 9.10. The van der Waals surface area contributed by atoms with E-state index in [0.29, 0.717) is 17.7 Å². The highest BCUT2D eigenvalue weighted by Crippen LogP contribution is 2.39. The first-order chi connectivity index (χ1) is 16.2. The molecule has 3 atom stereocenters. The second kappa shape index (κ2) is 9.60. The smallest absolute Gasteiger partial charge is 0.273 e. The second-order valence-electron chi connectivity index (χ2n) is 8.29. The number of allylic oxidation sites excluding steroid dienone is 2. The molecule has 1 aliphatic heterocycles. The average Bonchev–Trinajstić information content (AvgIpc) is 3.09. The van der Waals surface area contributed by atoms with Crippen LogP contribution >= 0.6 is 23.2 Å². The summed E-state index contributed by atoms with van der Waals surface area (Å²) in [7, 11) is 1.51. The van der Waals surface area contributed by atoms with Crippen molar-refractivity contribution in [1.29, 1.82) is 0 Å². The molecular weight excluding hydrogens is 479 g/mol. The van der Waals surface area contributed by atoms with E-state index >= 15 is 0 Å². The van der Waals surface area contributed by atoms with Crippen molar-refractivity contribution in [1.82, 2.24) is 10.0 Å². The van der Waals surface area contributed by atoms with Gasteiger partial charge in [-0.05, 0) is 54.8 Å². The summed E-state index contributed by atoms with van der Waals surface area (Å²) in [6, 6.07) is 10.6. The molecule has 3 amide bonds. The molecule has 4 rings (SSSR count). The number of rotatable bonds is 6. The number of hydrazine groups is 1. The number of nitrogens with zero attached hydrogens (tertiary/aromatic N) is 2. The van der Waals surface area contributed by atoms with Crippen LogP contribution in [0.15, 0.2) is 54.6 Å². The number of halogens is 2. The summed E-state index contributed by atoms with van der Waals surface area (Å²) >= 11 is 12.1. The van der Waals surface area contributed by atoms with Crippen LogP contribution in [-0.4, -0.2) is 47.2 Å². The van der Waals surface area contributed by atoms with E-state index in [1.807, 2.05) is 19.1 Å². The zero-order valence-electron chi connectivity index (χ0n) is 18.5. The lowest BCUT2D eigenvalue weighted by molar-refractivity contribution is -0.154. The number of ether oxygens (including phenoxy) is 1. The molecule has 0 bridgehead atoms. The van der Waals surface area contributed by atoms with Crippen molar-refractivity contribution in [2.75, 3.05) is 13.7 Å². The van der Waals surface area contributed by atoms with Crippen LogP contribution in [0.4, 0.5) is 0 Å².